The van der Waals surface area contributed by atoms with Crippen LogP contribution in [0.15, 0.2) is 55.0 Å². The number of hydrogen-bond donors (Lipinski definition) is 1. The number of alkyl halides is 3. The second kappa shape index (κ2) is 7.67. The van der Waals surface area contributed by atoms with Gasteiger partial charge in [0.1, 0.15) is 11.6 Å². The first-order valence-electron chi connectivity index (χ1n) is 8.79. The Kier molecular flexibility index (Phi) is 5.01. The number of fused-ring (bicyclic) bond motifs is 1. The molecule has 1 aromatic carbocycles. The minimum absolute atomic E-state index is 0.0320. The summed E-state index contributed by atoms with van der Waals surface area (Å²) in [7, 11) is 1.40. The Morgan fingerprint density at radius 3 is 2.58 bits per heavy atom. The minimum atomic E-state index is -4.72. The van der Waals surface area contributed by atoms with Crippen LogP contribution in [0.5, 0.6) is 5.75 Å². The standard InChI is InChI=1S/C20H13F4N5O2/c1-31-12-3-4-16-15(8-12)27-19(20(22,23)24)29(16)11-2-5-17(26-9-11)28-18(30)13-6-7-25-10-14(13)21/h2-10H,1H3,(H,26,28,30). The number of rotatable bonds is 4. The van der Waals surface area contributed by atoms with Gasteiger partial charge in [-0.15, -0.1) is 0 Å². The van der Waals surface area contributed by atoms with Gasteiger partial charge in [-0.05, 0) is 30.3 Å². The van der Waals surface area contributed by atoms with E-state index in [4.69, 9.17) is 4.74 Å². The summed E-state index contributed by atoms with van der Waals surface area (Å²) in [6.45, 7) is 0. The van der Waals surface area contributed by atoms with E-state index in [9.17, 15) is 22.4 Å². The molecular weight excluding hydrogens is 418 g/mol. The molecule has 11 heteroatoms. The number of imidazole rings is 1. The predicted molar refractivity (Wildman–Crippen MR) is 103 cm³/mol. The summed E-state index contributed by atoms with van der Waals surface area (Å²) in [6, 6.07) is 8.21. The van der Waals surface area contributed by atoms with Crippen LogP contribution in [0.1, 0.15) is 16.2 Å². The van der Waals surface area contributed by atoms with Crippen molar-refractivity contribution in [1.29, 1.82) is 0 Å². The maximum atomic E-state index is 13.7. The van der Waals surface area contributed by atoms with Crippen LogP contribution in [-0.4, -0.2) is 32.5 Å². The Labute approximate surface area is 172 Å². The van der Waals surface area contributed by atoms with Crippen LogP contribution < -0.4 is 10.1 Å². The summed E-state index contributed by atoms with van der Waals surface area (Å²) in [5.41, 5.74) is 0.130. The van der Waals surface area contributed by atoms with E-state index in [2.05, 4.69) is 20.3 Å². The van der Waals surface area contributed by atoms with Crippen LogP contribution in [0.4, 0.5) is 23.4 Å². The molecule has 1 amide bonds. The van der Waals surface area contributed by atoms with Gasteiger partial charge in [-0.2, -0.15) is 13.2 Å². The predicted octanol–water partition coefficient (Wildman–Crippen LogP) is 4.23. The van der Waals surface area contributed by atoms with E-state index in [0.717, 1.165) is 17.0 Å². The molecule has 0 aliphatic rings. The fourth-order valence-corrected chi connectivity index (χ4v) is 2.97. The number of anilines is 1. The Morgan fingerprint density at radius 1 is 1.13 bits per heavy atom. The average Bonchev–Trinajstić information content (AvgIpc) is 3.14. The molecule has 0 fully saturated rings. The van der Waals surface area contributed by atoms with Crippen molar-refractivity contribution in [3.63, 3.8) is 0 Å². The number of aromatic nitrogens is 4. The summed E-state index contributed by atoms with van der Waals surface area (Å²) in [5.74, 6) is -2.31. The molecular formula is C20H13F4N5O2. The Balaban J connectivity index is 1.70. The molecule has 0 aliphatic heterocycles. The van der Waals surface area contributed by atoms with Crippen molar-refractivity contribution in [2.45, 2.75) is 6.18 Å². The van der Waals surface area contributed by atoms with Crippen molar-refractivity contribution in [3.05, 3.63) is 72.2 Å². The molecule has 0 saturated heterocycles. The van der Waals surface area contributed by atoms with Crippen LogP contribution in [0.3, 0.4) is 0 Å². The van der Waals surface area contributed by atoms with E-state index in [1.165, 1.54) is 49.7 Å². The maximum Gasteiger partial charge on any atom is 0.450 e. The number of nitrogens with zero attached hydrogens (tertiary/aromatic N) is 4. The van der Waals surface area contributed by atoms with E-state index in [0.29, 0.717) is 5.75 Å². The average molecular weight is 431 g/mol. The van der Waals surface area contributed by atoms with Gasteiger partial charge in [0.05, 0.1) is 41.8 Å². The fourth-order valence-electron chi connectivity index (χ4n) is 2.97. The third-order valence-corrected chi connectivity index (χ3v) is 4.38. The molecule has 0 aliphatic carbocycles. The van der Waals surface area contributed by atoms with Crippen molar-refractivity contribution in [1.82, 2.24) is 19.5 Å². The van der Waals surface area contributed by atoms with Gasteiger partial charge >= 0.3 is 6.18 Å². The van der Waals surface area contributed by atoms with Crippen LogP contribution in [0.2, 0.25) is 0 Å². The van der Waals surface area contributed by atoms with Gasteiger partial charge in [0.15, 0.2) is 5.82 Å². The van der Waals surface area contributed by atoms with Crippen molar-refractivity contribution in [2.75, 3.05) is 12.4 Å². The number of methoxy groups -OCH3 is 1. The highest BCUT2D eigenvalue weighted by Crippen LogP contribution is 2.34. The second-order valence-corrected chi connectivity index (χ2v) is 6.33. The van der Waals surface area contributed by atoms with E-state index < -0.39 is 23.7 Å². The van der Waals surface area contributed by atoms with Crippen molar-refractivity contribution >= 4 is 22.8 Å². The van der Waals surface area contributed by atoms with Gasteiger partial charge < -0.3 is 10.1 Å². The number of carbonyl (C=O) groups excluding carboxylic acids is 1. The quantitative estimate of drug-likeness (QED) is 0.489. The summed E-state index contributed by atoms with van der Waals surface area (Å²) >= 11 is 0. The van der Waals surface area contributed by atoms with Crippen LogP contribution in [0.25, 0.3) is 16.7 Å². The normalized spacial score (nSPS) is 11.5. The second-order valence-electron chi connectivity index (χ2n) is 6.33. The van der Waals surface area contributed by atoms with E-state index in [1.54, 1.807) is 0 Å². The van der Waals surface area contributed by atoms with Crippen LogP contribution in [-0.2, 0) is 6.18 Å². The minimum Gasteiger partial charge on any atom is -0.497 e. The zero-order valence-electron chi connectivity index (χ0n) is 15.8. The van der Waals surface area contributed by atoms with E-state index in [-0.39, 0.29) is 28.1 Å². The monoisotopic (exact) mass is 431 g/mol. The first-order chi connectivity index (χ1) is 14.8. The van der Waals surface area contributed by atoms with Gasteiger partial charge in [0.2, 0.25) is 5.82 Å². The lowest BCUT2D eigenvalue weighted by Crippen LogP contribution is -2.16. The molecule has 0 saturated carbocycles. The zero-order chi connectivity index (χ0) is 22.2. The number of pyridine rings is 2. The number of hydrogen-bond acceptors (Lipinski definition) is 5. The first-order valence-corrected chi connectivity index (χ1v) is 8.79. The van der Waals surface area contributed by atoms with E-state index >= 15 is 0 Å². The molecule has 4 rings (SSSR count). The molecule has 1 N–H and O–H groups in total. The van der Waals surface area contributed by atoms with Crippen molar-refractivity contribution in [2.24, 2.45) is 0 Å². The molecule has 4 aromatic rings. The maximum absolute atomic E-state index is 13.7. The fraction of sp³-hybridized carbons (Fsp3) is 0.100. The SMILES string of the molecule is COc1ccc2c(c1)nc(C(F)(F)F)n2-c1ccc(NC(=O)c2ccncc2F)nc1. The van der Waals surface area contributed by atoms with Gasteiger partial charge in [-0.1, -0.05) is 0 Å². The number of benzene rings is 1. The lowest BCUT2D eigenvalue weighted by Gasteiger charge is -2.12. The number of carbonyl (C=O) groups is 1. The smallest absolute Gasteiger partial charge is 0.450 e. The third kappa shape index (κ3) is 3.89. The lowest BCUT2D eigenvalue weighted by molar-refractivity contribution is -0.145. The van der Waals surface area contributed by atoms with Crippen LogP contribution >= 0.6 is 0 Å². The molecule has 0 radical (unpaired) electrons. The molecule has 31 heavy (non-hydrogen) atoms. The zero-order valence-corrected chi connectivity index (χ0v) is 15.8. The van der Waals surface area contributed by atoms with Gasteiger partial charge in [0.25, 0.3) is 5.91 Å². The highest BCUT2D eigenvalue weighted by molar-refractivity contribution is 6.03. The highest BCUT2D eigenvalue weighted by atomic mass is 19.4. The number of halogens is 4. The number of ether oxygens (including phenoxy) is 1. The molecule has 0 spiro atoms. The van der Waals surface area contributed by atoms with Gasteiger partial charge in [0, 0.05) is 12.3 Å². The molecule has 7 nitrogen and oxygen atoms in total. The summed E-state index contributed by atoms with van der Waals surface area (Å²) in [4.78, 5) is 23.4. The third-order valence-electron chi connectivity index (χ3n) is 4.38. The number of amides is 1. The molecule has 158 valence electrons. The largest absolute Gasteiger partial charge is 0.497 e. The Bertz CT molecular complexity index is 1270. The highest BCUT2D eigenvalue weighted by Gasteiger charge is 2.38. The van der Waals surface area contributed by atoms with Gasteiger partial charge in [-0.3, -0.25) is 14.3 Å². The molecule has 0 unspecified atom stereocenters. The van der Waals surface area contributed by atoms with E-state index in [1.807, 2.05) is 0 Å². The Hall–Kier alpha value is -4.02. The first kappa shape index (κ1) is 20.3. The van der Waals surface area contributed by atoms with Crippen molar-refractivity contribution < 1.29 is 27.1 Å². The molecule has 0 bridgehead atoms. The lowest BCUT2D eigenvalue weighted by atomic mass is 10.2. The molecule has 0 atom stereocenters. The number of nitrogens with one attached hydrogen (secondary N) is 1. The Morgan fingerprint density at radius 2 is 1.94 bits per heavy atom. The van der Waals surface area contributed by atoms with Gasteiger partial charge in [-0.25, -0.2) is 14.4 Å². The molecule has 3 heterocycles. The topological polar surface area (TPSA) is 81.9 Å². The van der Waals surface area contributed by atoms with Crippen LogP contribution in [0, 0.1) is 5.82 Å². The molecule has 3 aromatic heterocycles. The van der Waals surface area contributed by atoms with Crippen molar-refractivity contribution in [3.8, 4) is 11.4 Å². The summed E-state index contributed by atoms with van der Waals surface area (Å²) in [5, 5.41) is 2.39. The summed E-state index contributed by atoms with van der Waals surface area (Å²) < 4.78 is 60.4. The summed E-state index contributed by atoms with van der Waals surface area (Å²) in [6.07, 6.45) is -1.42.